The number of aliphatic hydroxyl groups excluding tert-OH is 1. The second-order valence-electron chi connectivity index (χ2n) is 4.11. The van der Waals surface area contributed by atoms with E-state index >= 15 is 0 Å². The lowest BCUT2D eigenvalue weighted by Gasteiger charge is -2.23. The number of amides is 1. The van der Waals surface area contributed by atoms with Crippen molar-refractivity contribution in [1.29, 1.82) is 0 Å². The monoisotopic (exact) mass is 278 g/mol. The fourth-order valence-electron chi connectivity index (χ4n) is 1.47. The summed E-state index contributed by atoms with van der Waals surface area (Å²) >= 11 is 1.71. The molecule has 0 spiro atoms. The van der Waals surface area contributed by atoms with Gasteiger partial charge in [0, 0.05) is 30.6 Å². The Balaban J connectivity index is 2.77. The van der Waals surface area contributed by atoms with Crippen molar-refractivity contribution in [2.75, 3.05) is 25.7 Å². The third-order valence-electron chi connectivity index (χ3n) is 2.68. The molecule has 1 atom stereocenters. The number of carbonyl (C=O) groups excluding carboxylic acids is 1. The normalized spacial score (nSPS) is 11.4. The molecule has 0 aromatic carbocycles. The van der Waals surface area contributed by atoms with Crippen molar-refractivity contribution in [3.05, 3.63) is 29.6 Å². The van der Waals surface area contributed by atoms with Crippen LogP contribution in [0, 0.1) is 11.8 Å². The molecule has 0 fully saturated rings. The van der Waals surface area contributed by atoms with Crippen molar-refractivity contribution in [2.24, 2.45) is 0 Å². The van der Waals surface area contributed by atoms with Crippen LogP contribution in [0.1, 0.15) is 23.0 Å². The Bertz CT molecular complexity index is 476. The zero-order chi connectivity index (χ0) is 14.3. The summed E-state index contributed by atoms with van der Waals surface area (Å²) < 4.78 is 0. The van der Waals surface area contributed by atoms with Crippen LogP contribution in [-0.2, 0) is 0 Å². The smallest absolute Gasteiger partial charge is 0.272 e. The highest BCUT2D eigenvalue weighted by molar-refractivity contribution is 7.98. The van der Waals surface area contributed by atoms with Crippen LogP contribution in [0.5, 0.6) is 0 Å². The minimum Gasteiger partial charge on any atom is -0.384 e. The van der Waals surface area contributed by atoms with Gasteiger partial charge < -0.3 is 10.0 Å². The number of thioether (sulfide) groups is 1. The van der Waals surface area contributed by atoms with Crippen LogP contribution in [-0.4, -0.2) is 52.6 Å². The van der Waals surface area contributed by atoms with Crippen molar-refractivity contribution in [1.82, 2.24) is 9.88 Å². The summed E-state index contributed by atoms with van der Waals surface area (Å²) in [5.41, 5.74) is 1.09. The van der Waals surface area contributed by atoms with E-state index in [0.717, 1.165) is 5.75 Å². The van der Waals surface area contributed by atoms with Crippen LogP contribution in [0.25, 0.3) is 0 Å². The van der Waals surface area contributed by atoms with Crippen molar-refractivity contribution in [2.45, 2.75) is 13.0 Å². The van der Waals surface area contributed by atoms with E-state index in [-0.39, 0.29) is 18.6 Å². The van der Waals surface area contributed by atoms with Crippen molar-refractivity contribution in [3.63, 3.8) is 0 Å². The minimum atomic E-state index is -0.185. The second kappa shape index (κ2) is 7.82. The van der Waals surface area contributed by atoms with Gasteiger partial charge in [-0.25, -0.2) is 4.98 Å². The highest BCUT2D eigenvalue weighted by Gasteiger charge is 2.17. The molecule has 19 heavy (non-hydrogen) atoms. The Morgan fingerprint density at radius 2 is 2.32 bits per heavy atom. The minimum absolute atomic E-state index is 0.0942. The summed E-state index contributed by atoms with van der Waals surface area (Å²) in [5, 5.41) is 8.60. The number of carbonyl (C=O) groups is 1. The van der Waals surface area contributed by atoms with Crippen LogP contribution in [0.4, 0.5) is 0 Å². The molecule has 0 saturated heterocycles. The summed E-state index contributed by atoms with van der Waals surface area (Å²) in [6.45, 7) is 1.82. The van der Waals surface area contributed by atoms with Gasteiger partial charge in [-0.2, -0.15) is 11.8 Å². The Kier molecular flexibility index (Phi) is 6.40. The van der Waals surface area contributed by atoms with Gasteiger partial charge in [0.2, 0.25) is 0 Å². The average molecular weight is 278 g/mol. The highest BCUT2D eigenvalue weighted by Crippen LogP contribution is 2.08. The first kappa shape index (κ1) is 15.5. The van der Waals surface area contributed by atoms with Crippen LogP contribution in [0.15, 0.2) is 18.3 Å². The number of aromatic nitrogens is 1. The molecule has 4 nitrogen and oxygen atoms in total. The van der Waals surface area contributed by atoms with Gasteiger partial charge in [-0.05, 0) is 25.3 Å². The second-order valence-corrected chi connectivity index (χ2v) is 5.02. The highest BCUT2D eigenvalue weighted by atomic mass is 32.2. The third-order valence-corrected chi connectivity index (χ3v) is 3.50. The summed E-state index contributed by atoms with van der Waals surface area (Å²) in [4.78, 5) is 18.0. The lowest BCUT2D eigenvalue weighted by Crippen LogP contribution is -2.37. The van der Waals surface area contributed by atoms with Gasteiger partial charge >= 0.3 is 0 Å². The molecule has 0 saturated carbocycles. The van der Waals surface area contributed by atoms with E-state index in [1.807, 2.05) is 13.2 Å². The van der Waals surface area contributed by atoms with Crippen LogP contribution in [0.2, 0.25) is 0 Å². The summed E-state index contributed by atoms with van der Waals surface area (Å²) in [7, 11) is 1.78. The molecule has 0 bridgehead atoms. The van der Waals surface area contributed by atoms with Gasteiger partial charge in [0.25, 0.3) is 5.91 Å². The van der Waals surface area contributed by atoms with Gasteiger partial charge in [-0.1, -0.05) is 11.8 Å². The lowest BCUT2D eigenvalue weighted by atomic mass is 10.2. The molecule has 1 N–H and O–H groups in total. The van der Waals surface area contributed by atoms with E-state index in [0.29, 0.717) is 11.3 Å². The van der Waals surface area contributed by atoms with Crippen molar-refractivity contribution in [3.8, 4) is 11.8 Å². The maximum absolute atomic E-state index is 12.2. The molecule has 1 rings (SSSR count). The third kappa shape index (κ3) is 4.58. The van der Waals surface area contributed by atoms with Gasteiger partial charge in [0.05, 0.1) is 0 Å². The molecular weight excluding hydrogens is 260 g/mol. The Hall–Kier alpha value is -1.51. The molecule has 1 aromatic rings. The first-order valence-corrected chi connectivity index (χ1v) is 7.31. The van der Waals surface area contributed by atoms with E-state index in [2.05, 4.69) is 16.8 Å². The fraction of sp³-hybridized carbons (Fsp3) is 0.429. The predicted octanol–water partition coefficient (Wildman–Crippen LogP) is 1.25. The van der Waals surface area contributed by atoms with E-state index in [1.165, 1.54) is 0 Å². The van der Waals surface area contributed by atoms with E-state index < -0.39 is 0 Å². The predicted molar refractivity (Wildman–Crippen MR) is 78.1 cm³/mol. The summed E-state index contributed by atoms with van der Waals surface area (Å²) in [6, 6.07) is 3.56. The molecule has 0 aliphatic carbocycles. The zero-order valence-electron chi connectivity index (χ0n) is 11.4. The molecule has 1 heterocycles. The van der Waals surface area contributed by atoms with Crippen LogP contribution in [0.3, 0.4) is 0 Å². The molecule has 1 unspecified atom stereocenters. The summed E-state index contributed by atoms with van der Waals surface area (Å²) in [5.74, 6) is 6.08. The van der Waals surface area contributed by atoms with Gasteiger partial charge in [0.1, 0.15) is 12.3 Å². The molecule has 0 aliphatic rings. The van der Waals surface area contributed by atoms with E-state index in [1.54, 1.807) is 42.0 Å². The fourth-order valence-corrected chi connectivity index (χ4v) is 2.18. The Morgan fingerprint density at radius 3 is 2.84 bits per heavy atom. The van der Waals surface area contributed by atoms with Gasteiger partial charge in [0.15, 0.2) is 0 Å². The lowest BCUT2D eigenvalue weighted by molar-refractivity contribution is 0.0751. The van der Waals surface area contributed by atoms with Gasteiger partial charge in [-0.15, -0.1) is 0 Å². The van der Waals surface area contributed by atoms with Crippen molar-refractivity contribution < 1.29 is 9.90 Å². The molecule has 102 valence electrons. The number of nitrogens with zero attached hydrogens (tertiary/aromatic N) is 2. The first-order valence-electron chi connectivity index (χ1n) is 5.92. The molecule has 0 aliphatic heterocycles. The largest absolute Gasteiger partial charge is 0.384 e. The number of hydrogen-bond acceptors (Lipinski definition) is 4. The maximum atomic E-state index is 12.2. The molecule has 5 heteroatoms. The Morgan fingerprint density at radius 1 is 1.58 bits per heavy atom. The summed E-state index contributed by atoms with van der Waals surface area (Å²) in [6.07, 6.45) is 3.56. The maximum Gasteiger partial charge on any atom is 0.272 e. The zero-order valence-corrected chi connectivity index (χ0v) is 12.2. The molecular formula is C14H18N2O2S. The first-order chi connectivity index (χ1) is 9.10. The quantitative estimate of drug-likeness (QED) is 0.842. The van der Waals surface area contributed by atoms with E-state index in [4.69, 9.17) is 5.11 Å². The number of pyridine rings is 1. The molecule has 1 amide bonds. The Labute approximate surface area is 118 Å². The van der Waals surface area contributed by atoms with Gasteiger partial charge in [-0.3, -0.25) is 4.79 Å². The SMILES string of the molecule is CSCC(C)N(C)C(=O)c1ccc(C#CCO)cn1. The van der Waals surface area contributed by atoms with Crippen LogP contribution >= 0.6 is 11.8 Å². The van der Waals surface area contributed by atoms with E-state index in [9.17, 15) is 4.79 Å². The number of rotatable bonds is 4. The molecule has 0 radical (unpaired) electrons. The number of hydrogen-bond donors (Lipinski definition) is 1. The molecule has 1 aromatic heterocycles. The van der Waals surface area contributed by atoms with Crippen LogP contribution < -0.4 is 0 Å². The standard InChI is InChI=1S/C14H18N2O2S/c1-11(10-19-3)16(2)14(18)13-7-6-12(9-15-13)5-4-8-17/h6-7,9,11,17H,8,10H2,1-3H3. The van der Waals surface area contributed by atoms with Crippen molar-refractivity contribution >= 4 is 17.7 Å². The topological polar surface area (TPSA) is 53.4 Å². The number of aliphatic hydroxyl groups is 1. The average Bonchev–Trinajstić information content (AvgIpc) is 2.44.